The third-order valence-corrected chi connectivity index (χ3v) is 1.75. The Morgan fingerprint density at radius 1 is 1.67 bits per heavy atom. The zero-order chi connectivity index (χ0) is 11.5. The van der Waals surface area contributed by atoms with E-state index in [9.17, 15) is 4.79 Å². The van der Waals surface area contributed by atoms with Crippen LogP contribution in [0, 0.1) is 0 Å². The molecular formula is C9H19N3O3. The molecule has 0 fully saturated rings. The molecular weight excluding hydrogens is 198 g/mol. The molecule has 0 amide bonds. The second-order valence-corrected chi connectivity index (χ2v) is 2.97. The Balaban J connectivity index is 3.82. The van der Waals surface area contributed by atoms with Gasteiger partial charge in [0, 0.05) is 0 Å². The maximum absolute atomic E-state index is 10.7. The van der Waals surface area contributed by atoms with Crippen LogP contribution in [-0.2, 0) is 9.63 Å². The topological polar surface area (TPSA) is 96.9 Å². The van der Waals surface area contributed by atoms with Crippen molar-refractivity contribution in [3.63, 3.8) is 0 Å². The van der Waals surface area contributed by atoms with E-state index in [0.717, 1.165) is 12.8 Å². The van der Waals surface area contributed by atoms with E-state index < -0.39 is 12.0 Å². The number of hydrogen-bond acceptors (Lipinski definition) is 4. The van der Waals surface area contributed by atoms with Crippen molar-refractivity contribution in [3.05, 3.63) is 0 Å². The lowest BCUT2D eigenvalue weighted by atomic mass is 10.1. The van der Waals surface area contributed by atoms with Crippen molar-refractivity contribution < 1.29 is 14.7 Å². The second-order valence-electron chi connectivity index (χ2n) is 2.97. The quantitative estimate of drug-likeness (QED) is 0.221. The summed E-state index contributed by atoms with van der Waals surface area (Å²) in [6.07, 6.45) is 3.35. The summed E-state index contributed by atoms with van der Waals surface area (Å²) in [5, 5.41) is 8.82. The molecule has 0 heterocycles. The fourth-order valence-corrected chi connectivity index (χ4v) is 0.985. The highest BCUT2D eigenvalue weighted by atomic mass is 16.6. The van der Waals surface area contributed by atoms with Gasteiger partial charge in [0.2, 0.25) is 0 Å². The lowest BCUT2D eigenvalue weighted by molar-refractivity contribution is -0.138. The smallest absolute Gasteiger partial charge is 0.328 e. The molecule has 0 rings (SSSR count). The van der Waals surface area contributed by atoms with Crippen LogP contribution in [0.4, 0.5) is 0 Å². The van der Waals surface area contributed by atoms with Crippen molar-refractivity contribution in [2.24, 2.45) is 10.7 Å². The minimum atomic E-state index is -0.929. The molecule has 0 aromatic heterocycles. The molecule has 6 heteroatoms. The number of carboxylic acids is 1. The third-order valence-electron chi connectivity index (χ3n) is 1.75. The van der Waals surface area contributed by atoms with Crippen LogP contribution in [0.25, 0.3) is 0 Å². The minimum Gasteiger partial charge on any atom is -0.480 e. The van der Waals surface area contributed by atoms with Crippen LogP contribution < -0.4 is 11.2 Å². The van der Waals surface area contributed by atoms with Gasteiger partial charge in [0.1, 0.15) is 12.4 Å². The Morgan fingerprint density at radius 3 is 2.93 bits per heavy atom. The maximum Gasteiger partial charge on any atom is 0.328 e. The Morgan fingerprint density at radius 2 is 2.40 bits per heavy atom. The summed E-state index contributed by atoms with van der Waals surface area (Å²) in [6.45, 7) is 2.89. The van der Waals surface area contributed by atoms with Gasteiger partial charge >= 0.3 is 5.97 Å². The van der Waals surface area contributed by atoms with E-state index in [0.29, 0.717) is 19.6 Å². The number of hydroxylamine groups is 1. The molecule has 4 N–H and O–H groups in total. The number of nitrogens with two attached hydrogens (primary N) is 1. The first-order valence-corrected chi connectivity index (χ1v) is 5.04. The molecule has 6 nitrogen and oxygen atoms in total. The molecule has 0 unspecified atom stereocenters. The van der Waals surface area contributed by atoms with Crippen molar-refractivity contribution >= 4 is 12.3 Å². The molecule has 15 heavy (non-hydrogen) atoms. The molecule has 0 aliphatic heterocycles. The summed E-state index contributed by atoms with van der Waals surface area (Å²) >= 11 is 0. The van der Waals surface area contributed by atoms with Gasteiger partial charge < -0.3 is 10.8 Å². The molecule has 0 radical (unpaired) electrons. The number of aliphatic imine (C=N–C) groups is 1. The Labute approximate surface area is 89.5 Å². The van der Waals surface area contributed by atoms with Gasteiger partial charge in [-0.15, -0.1) is 0 Å². The standard InChI is InChI=1S/C9H19N3O3/c1-2-15-12-7-11-8(9(13)14)5-3-4-6-10/h7-8H,2-6,10H2,1H3,(H,11,12)(H,13,14)/t8-/m0/s1. The Hall–Kier alpha value is -1.14. The number of hydrogen-bond donors (Lipinski definition) is 3. The molecule has 1 atom stereocenters. The van der Waals surface area contributed by atoms with Crippen molar-refractivity contribution in [1.29, 1.82) is 0 Å². The van der Waals surface area contributed by atoms with Crippen molar-refractivity contribution in [1.82, 2.24) is 5.48 Å². The van der Waals surface area contributed by atoms with E-state index >= 15 is 0 Å². The number of nitrogens with zero attached hydrogens (tertiary/aromatic N) is 1. The highest BCUT2D eigenvalue weighted by Crippen LogP contribution is 2.03. The van der Waals surface area contributed by atoms with Crippen LogP contribution in [0.3, 0.4) is 0 Å². The summed E-state index contributed by atoms with van der Waals surface area (Å²) < 4.78 is 0. The van der Waals surface area contributed by atoms with Crippen molar-refractivity contribution in [3.8, 4) is 0 Å². The molecule has 88 valence electrons. The Bertz CT molecular complexity index is 197. The van der Waals surface area contributed by atoms with Crippen LogP contribution in [0.1, 0.15) is 26.2 Å². The van der Waals surface area contributed by atoms with Gasteiger partial charge in [-0.3, -0.25) is 15.3 Å². The van der Waals surface area contributed by atoms with Crippen molar-refractivity contribution in [2.75, 3.05) is 13.2 Å². The fraction of sp³-hybridized carbons (Fsp3) is 0.778. The zero-order valence-electron chi connectivity index (χ0n) is 8.98. The van der Waals surface area contributed by atoms with E-state index in [-0.39, 0.29) is 0 Å². The molecule has 0 aromatic rings. The number of unbranched alkanes of at least 4 members (excludes halogenated alkanes) is 1. The van der Waals surface area contributed by atoms with Gasteiger partial charge in [-0.1, -0.05) is 0 Å². The second kappa shape index (κ2) is 9.42. The third kappa shape index (κ3) is 7.90. The molecule has 0 bridgehead atoms. The summed E-state index contributed by atoms with van der Waals surface area (Å²) in [5.41, 5.74) is 7.74. The largest absolute Gasteiger partial charge is 0.480 e. The number of nitrogens with one attached hydrogen (secondary N) is 1. The normalized spacial score (nSPS) is 12.9. The van der Waals surface area contributed by atoms with Crippen LogP contribution >= 0.6 is 0 Å². The number of aliphatic carboxylic acids is 1. The highest BCUT2D eigenvalue weighted by Gasteiger charge is 2.13. The van der Waals surface area contributed by atoms with Crippen LogP contribution in [0.5, 0.6) is 0 Å². The molecule has 0 saturated carbocycles. The fourth-order valence-electron chi connectivity index (χ4n) is 0.985. The van der Waals surface area contributed by atoms with Gasteiger partial charge in [0.25, 0.3) is 0 Å². The van der Waals surface area contributed by atoms with Gasteiger partial charge in [0.15, 0.2) is 0 Å². The summed E-state index contributed by atoms with van der Waals surface area (Å²) in [6, 6.07) is -0.718. The predicted molar refractivity (Wildman–Crippen MR) is 57.6 cm³/mol. The molecule has 0 aliphatic rings. The van der Waals surface area contributed by atoms with Gasteiger partial charge in [-0.2, -0.15) is 0 Å². The van der Waals surface area contributed by atoms with Crippen molar-refractivity contribution in [2.45, 2.75) is 32.2 Å². The molecule has 0 aromatic carbocycles. The van der Waals surface area contributed by atoms with Crippen LogP contribution in [0.2, 0.25) is 0 Å². The maximum atomic E-state index is 10.7. The molecule has 0 spiro atoms. The lowest BCUT2D eigenvalue weighted by Crippen LogP contribution is -2.21. The monoisotopic (exact) mass is 217 g/mol. The van der Waals surface area contributed by atoms with E-state index in [2.05, 4.69) is 10.5 Å². The summed E-state index contributed by atoms with van der Waals surface area (Å²) in [5.74, 6) is -0.929. The first kappa shape index (κ1) is 13.9. The first-order chi connectivity index (χ1) is 7.22. The summed E-state index contributed by atoms with van der Waals surface area (Å²) in [4.78, 5) is 19.4. The number of carboxylic acid groups (broad SMARTS) is 1. The average Bonchev–Trinajstić information content (AvgIpc) is 2.21. The first-order valence-electron chi connectivity index (χ1n) is 5.04. The Kier molecular flexibility index (Phi) is 8.70. The van der Waals surface area contributed by atoms with Crippen LogP contribution in [-0.4, -0.2) is 36.6 Å². The average molecular weight is 217 g/mol. The summed E-state index contributed by atoms with van der Waals surface area (Å²) in [7, 11) is 0. The van der Waals surface area contributed by atoms with Gasteiger partial charge in [-0.25, -0.2) is 4.79 Å². The van der Waals surface area contributed by atoms with E-state index in [1.807, 2.05) is 6.92 Å². The molecule has 0 aliphatic carbocycles. The van der Waals surface area contributed by atoms with Gasteiger partial charge in [-0.05, 0) is 32.7 Å². The van der Waals surface area contributed by atoms with E-state index in [1.54, 1.807) is 0 Å². The minimum absolute atomic E-state index is 0.497. The number of rotatable bonds is 9. The number of carbonyl (C=O) groups is 1. The molecule has 0 saturated heterocycles. The van der Waals surface area contributed by atoms with E-state index in [1.165, 1.54) is 6.34 Å². The highest BCUT2D eigenvalue weighted by molar-refractivity contribution is 5.75. The van der Waals surface area contributed by atoms with Gasteiger partial charge in [0.05, 0.1) is 6.61 Å². The van der Waals surface area contributed by atoms with Crippen LogP contribution in [0.15, 0.2) is 4.99 Å². The SMILES string of the molecule is CCONC=N[C@@H](CCCCN)C(=O)O. The lowest BCUT2D eigenvalue weighted by Gasteiger charge is -2.06. The van der Waals surface area contributed by atoms with E-state index in [4.69, 9.17) is 15.7 Å². The predicted octanol–water partition coefficient (Wildman–Crippen LogP) is 0.138. The zero-order valence-corrected chi connectivity index (χ0v) is 8.98.